The van der Waals surface area contributed by atoms with E-state index in [4.69, 9.17) is 13.7 Å². The second-order valence-corrected chi connectivity index (χ2v) is 13.2. The van der Waals surface area contributed by atoms with Crippen molar-refractivity contribution in [1.82, 2.24) is 24.1 Å². The maximum Gasteiger partial charge on any atom is 0.164 e. The molecule has 0 atom stereocenters. The van der Waals surface area contributed by atoms with Gasteiger partial charge in [-0.05, 0) is 59.3 Å². The van der Waals surface area contributed by atoms with E-state index in [0.717, 1.165) is 60.1 Å². The number of para-hydroxylation sites is 2. The van der Waals surface area contributed by atoms with Crippen molar-refractivity contribution in [2.24, 2.45) is 0 Å². The summed E-state index contributed by atoms with van der Waals surface area (Å²) in [6, 6.07) is 36.2. The summed E-state index contributed by atoms with van der Waals surface area (Å²) in [5, 5.41) is 17.2. The second kappa shape index (κ2) is 12.6. The standard InChI is InChI=1S/C50H30N6/c51-31-37-29-36(50-53-48(33-14-3-1-4-15-33)52-49(54-50)34-16-5-2-6-17-34)24-27-42(37)56-43-21-11-9-19-39(43)40-26-28-45-46(47(40)56)41-20-10-12-22-44(41)55(45)38-25-23-32-13-7-8-18-35(32)30-38/h1-30H/i1D,2D,3D,4D,5D,6D,14D,15D,16D,17D. The van der Waals surface area contributed by atoms with Gasteiger partial charge in [0.1, 0.15) is 6.07 Å². The zero-order valence-electron chi connectivity index (χ0n) is 39.2. The molecule has 0 N–H and O–H groups in total. The minimum absolute atomic E-state index is 0.139. The van der Waals surface area contributed by atoms with E-state index in [-0.39, 0.29) is 28.1 Å². The number of hydrogen-bond donors (Lipinski definition) is 0. The van der Waals surface area contributed by atoms with E-state index in [2.05, 4.69) is 90.8 Å². The van der Waals surface area contributed by atoms with Gasteiger partial charge in [0.05, 0.1) is 47.0 Å². The van der Waals surface area contributed by atoms with Crippen molar-refractivity contribution < 1.29 is 13.7 Å². The Morgan fingerprint density at radius 2 is 1.09 bits per heavy atom. The Bertz CT molecular complexity index is 3840. The van der Waals surface area contributed by atoms with Crippen LogP contribution in [0, 0.1) is 11.3 Å². The molecule has 6 nitrogen and oxygen atoms in total. The van der Waals surface area contributed by atoms with Gasteiger partial charge in [-0.2, -0.15) is 5.26 Å². The molecule has 11 aromatic rings. The number of nitrogens with zero attached hydrogens (tertiary/aromatic N) is 6. The summed E-state index contributed by atoms with van der Waals surface area (Å²) >= 11 is 0. The lowest BCUT2D eigenvalue weighted by molar-refractivity contribution is 1.07. The second-order valence-electron chi connectivity index (χ2n) is 13.2. The van der Waals surface area contributed by atoms with Crippen molar-refractivity contribution in [2.75, 3.05) is 0 Å². The molecule has 0 bridgehead atoms. The average Bonchev–Trinajstić information content (AvgIpc) is 3.86. The Morgan fingerprint density at radius 1 is 0.482 bits per heavy atom. The highest BCUT2D eigenvalue weighted by molar-refractivity contribution is 6.26. The first-order chi connectivity index (χ1) is 31.9. The van der Waals surface area contributed by atoms with Gasteiger partial charge >= 0.3 is 0 Å². The molecule has 0 saturated carbocycles. The van der Waals surface area contributed by atoms with Crippen LogP contribution >= 0.6 is 0 Å². The average molecular weight is 725 g/mol. The topological polar surface area (TPSA) is 72.3 Å². The van der Waals surface area contributed by atoms with Gasteiger partial charge in [0.15, 0.2) is 17.5 Å². The SMILES string of the molecule is [2H]c1c([2H])c([2H])c(-c2nc(-c3ccc(-n4c5ccccc5c5ccc6c(c7ccccc7n6-c6ccc7ccccc7c6)c54)c(C#N)c3)nc(-c3c([2H])c([2H])c([2H])c([2H])c3[2H])n2)c([2H])c1[2H]. The molecule has 56 heavy (non-hydrogen) atoms. The van der Waals surface area contributed by atoms with E-state index in [0.29, 0.717) is 5.69 Å². The molecule has 0 radical (unpaired) electrons. The third-order valence-electron chi connectivity index (χ3n) is 10.2. The molecule has 3 aromatic heterocycles. The van der Waals surface area contributed by atoms with Crippen LogP contribution in [-0.4, -0.2) is 24.1 Å². The molecule has 0 aliphatic heterocycles. The van der Waals surface area contributed by atoms with E-state index < -0.39 is 72.1 Å². The number of nitriles is 1. The number of hydrogen-bond acceptors (Lipinski definition) is 4. The molecule has 0 fully saturated rings. The number of aromatic nitrogens is 5. The zero-order chi connectivity index (χ0) is 45.9. The molecule has 3 heterocycles. The third kappa shape index (κ3) is 4.92. The smallest absolute Gasteiger partial charge is 0.164 e. The lowest BCUT2D eigenvalue weighted by Gasteiger charge is -2.13. The van der Waals surface area contributed by atoms with Gasteiger partial charge in [-0.1, -0.05) is 133 Å². The van der Waals surface area contributed by atoms with Crippen LogP contribution in [0.5, 0.6) is 0 Å². The Morgan fingerprint density at radius 3 is 1.79 bits per heavy atom. The first kappa shape index (κ1) is 23.0. The predicted molar refractivity (Wildman–Crippen MR) is 227 cm³/mol. The maximum atomic E-state index is 11.0. The molecule has 0 spiro atoms. The van der Waals surface area contributed by atoms with E-state index in [1.54, 1.807) is 18.2 Å². The fourth-order valence-corrected chi connectivity index (χ4v) is 7.76. The van der Waals surface area contributed by atoms with Crippen LogP contribution in [0.25, 0.3) is 99.9 Å². The fraction of sp³-hybridized carbons (Fsp3) is 0. The first-order valence-electron chi connectivity index (χ1n) is 22.8. The molecular formula is C50H30N6. The van der Waals surface area contributed by atoms with Crippen molar-refractivity contribution in [2.45, 2.75) is 0 Å². The lowest BCUT2D eigenvalue weighted by Crippen LogP contribution is -2.02. The number of fused-ring (bicyclic) bond motifs is 8. The van der Waals surface area contributed by atoms with Crippen molar-refractivity contribution in [3.05, 3.63) is 187 Å². The fourth-order valence-electron chi connectivity index (χ4n) is 7.76. The first-order valence-corrected chi connectivity index (χ1v) is 17.8. The van der Waals surface area contributed by atoms with Crippen molar-refractivity contribution in [3.8, 4) is 51.6 Å². The summed E-state index contributed by atoms with van der Waals surface area (Å²) in [6.45, 7) is 0. The van der Waals surface area contributed by atoms with Gasteiger partial charge < -0.3 is 9.13 Å². The van der Waals surface area contributed by atoms with Crippen LogP contribution in [0.2, 0.25) is 0 Å². The summed E-state index contributed by atoms with van der Waals surface area (Å²) in [5.41, 5.74) is 4.91. The van der Waals surface area contributed by atoms with Crippen LogP contribution in [0.4, 0.5) is 0 Å². The van der Waals surface area contributed by atoms with Crippen LogP contribution in [-0.2, 0) is 0 Å². The van der Waals surface area contributed by atoms with Gasteiger partial charge in [-0.3, -0.25) is 0 Å². The highest BCUT2D eigenvalue weighted by atomic mass is 15.0. The maximum absolute atomic E-state index is 11.0. The summed E-state index contributed by atoms with van der Waals surface area (Å²) in [4.78, 5) is 13.6. The molecule has 0 amide bonds. The summed E-state index contributed by atoms with van der Waals surface area (Å²) in [5.74, 6) is -0.928. The number of benzene rings is 8. The summed E-state index contributed by atoms with van der Waals surface area (Å²) in [6.07, 6.45) is 0. The van der Waals surface area contributed by atoms with Gasteiger partial charge in [0.2, 0.25) is 0 Å². The quantitative estimate of drug-likeness (QED) is 0.177. The normalized spacial score (nSPS) is 14.1. The van der Waals surface area contributed by atoms with Crippen LogP contribution in [0.1, 0.15) is 19.3 Å². The zero-order valence-corrected chi connectivity index (χ0v) is 29.2. The Labute approximate surface area is 335 Å². The Hall–Kier alpha value is -7.88. The molecule has 260 valence electrons. The van der Waals surface area contributed by atoms with Gasteiger partial charge in [-0.15, -0.1) is 0 Å². The molecule has 0 unspecified atom stereocenters. The van der Waals surface area contributed by atoms with Crippen LogP contribution in [0.15, 0.2) is 182 Å². The van der Waals surface area contributed by atoms with Gasteiger partial charge in [-0.25, -0.2) is 15.0 Å². The highest BCUT2D eigenvalue weighted by Crippen LogP contribution is 2.43. The summed E-state index contributed by atoms with van der Waals surface area (Å²) in [7, 11) is 0. The number of rotatable bonds is 5. The molecule has 6 heteroatoms. The van der Waals surface area contributed by atoms with Crippen molar-refractivity contribution >= 4 is 54.4 Å². The molecule has 8 aromatic carbocycles. The van der Waals surface area contributed by atoms with E-state index in [9.17, 15) is 5.26 Å². The van der Waals surface area contributed by atoms with E-state index in [1.807, 2.05) is 42.5 Å². The van der Waals surface area contributed by atoms with E-state index in [1.165, 1.54) is 0 Å². The van der Waals surface area contributed by atoms with Gasteiger partial charge in [0.25, 0.3) is 0 Å². The van der Waals surface area contributed by atoms with E-state index >= 15 is 0 Å². The minimum Gasteiger partial charge on any atom is -0.309 e. The minimum atomic E-state index is -0.644. The van der Waals surface area contributed by atoms with Crippen LogP contribution < -0.4 is 0 Å². The van der Waals surface area contributed by atoms with Crippen molar-refractivity contribution in [3.63, 3.8) is 0 Å². The Kier molecular flexibility index (Phi) is 5.19. The molecule has 0 aliphatic carbocycles. The predicted octanol–water partition coefficient (Wildman–Crippen LogP) is 12.1. The molecule has 0 aliphatic rings. The van der Waals surface area contributed by atoms with Gasteiger partial charge in [0, 0.05) is 43.9 Å². The molecular weight excluding hydrogens is 685 g/mol. The molecule has 11 rings (SSSR count). The third-order valence-corrected chi connectivity index (χ3v) is 10.2. The monoisotopic (exact) mass is 724 g/mol. The van der Waals surface area contributed by atoms with Crippen molar-refractivity contribution in [1.29, 1.82) is 5.26 Å². The highest BCUT2D eigenvalue weighted by Gasteiger charge is 2.23. The molecule has 0 saturated heterocycles. The Balaban J connectivity index is 1.18. The lowest BCUT2D eigenvalue weighted by atomic mass is 10.1. The summed E-state index contributed by atoms with van der Waals surface area (Å²) < 4.78 is 88.9. The van der Waals surface area contributed by atoms with Crippen LogP contribution in [0.3, 0.4) is 0 Å². The largest absolute Gasteiger partial charge is 0.309 e.